The van der Waals surface area contributed by atoms with Gasteiger partial charge >= 0.3 is 0 Å². The van der Waals surface area contributed by atoms with Crippen molar-refractivity contribution in [2.75, 3.05) is 0 Å². The summed E-state index contributed by atoms with van der Waals surface area (Å²) >= 11 is 5.89. The van der Waals surface area contributed by atoms with E-state index in [1.165, 1.54) is 12.4 Å². The highest BCUT2D eigenvalue weighted by molar-refractivity contribution is 6.30. The van der Waals surface area contributed by atoms with Gasteiger partial charge in [-0.25, -0.2) is 13.5 Å². The Bertz CT molecular complexity index is 516. The van der Waals surface area contributed by atoms with Gasteiger partial charge in [0, 0.05) is 18.0 Å². The fraction of sp³-hybridized carbons (Fsp3) is 0.200. The molecule has 2 heterocycles. The number of aliphatic hydroxyl groups excluding tert-OH is 1. The molecule has 7 heteroatoms. The number of hydrogen-bond donors (Lipinski definition) is 1. The zero-order valence-corrected chi connectivity index (χ0v) is 9.27. The maximum absolute atomic E-state index is 12.7. The van der Waals surface area contributed by atoms with Crippen LogP contribution in [0.3, 0.4) is 0 Å². The van der Waals surface area contributed by atoms with Crippen LogP contribution in [0.1, 0.15) is 17.7 Å². The normalized spacial score (nSPS) is 11.1. The van der Waals surface area contributed by atoms with Crippen LogP contribution in [-0.4, -0.2) is 19.9 Å². The summed E-state index contributed by atoms with van der Waals surface area (Å²) in [7, 11) is 0. The number of alkyl halides is 2. The van der Waals surface area contributed by atoms with Gasteiger partial charge in [-0.05, 0) is 12.1 Å². The van der Waals surface area contributed by atoms with Crippen molar-refractivity contribution < 1.29 is 13.9 Å². The fourth-order valence-electron chi connectivity index (χ4n) is 1.42. The molecule has 0 amide bonds. The number of halogens is 3. The molecule has 17 heavy (non-hydrogen) atoms. The first kappa shape index (κ1) is 11.9. The van der Waals surface area contributed by atoms with E-state index in [-0.39, 0.29) is 10.7 Å². The molecule has 2 rings (SSSR count). The summed E-state index contributed by atoms with van der Waals surface area (Å²) in [6, 6.07) is 3.16. The Hall–Kier alpha value is -1.53. The topological polar surface area (TPSA) is 50.9 Å². The molecule has 0 aromatic carbocycles. The third-order valence-electron chi connectivity index (χ3n) is 2.22. The minimum Gasteiger partial charge on any atom is -0.391 e. The van der Waals surface area contributed by atoms with Gasteiger partial charge in [0.15, 0.2) is 0 Å². The fourth-order valence-corrected chi connectivity index (χ4v) is 1.72. The molecule has 0 bridgehead atoms. The number of nitrogens with zero attached hydrogens (tertiary/aromatic N) is 3. The molecule has 0 atom stereocenters. The lowest BCUT2D eigenvalue weighted by Crippen LogP contribution is -1.97. The number of rotatable bonds is 3. The summed E-state index contributed by atoms with van der Waals surface area (Å²) in [4.78, 5) is 3.80. The molecule has 2 aromatic heterocycles. The number of pyridine rings is 1. The van der Waals surface area contributed by atoms with E-state index in [0.717, 1.165) is 4.68 Å². The lowest BCUT2D eigenvalue weighted by Gasteiger charge is -2.01. The highest BCUT2D eigenvalue weighted by atomic mass is 35.5. The Morgan fingerprint density at radius 3 is 2.47 bits per heavy atom. The van der Waals surface area contributed by atoms with Crippen molar-refractivity contribution >= 4 is 11.6 Å². The van der Waals surface area contributed by atoms with Gasteiger partial charge in [-0.15, -0.1) is 0 Å². The average molecular weight is 260 g/mol. The average Bonchev–Trinajstić information content (AvgIpc) is 2.67. The van der Waals surface area contributed by atoms with Crippen LogP contribution in [0.15, 0.2) is 24.5 Å². The van der Waals surface area contributed by atoms with Crippen LogP contribution >= 0.6 is 11.6 Å². The van der Waals surface area contributed by atoms with Crippen molar-refractivity contribution in [1.29, 1.82) is 0 Å². The molecule has 4 nitrogen and oxygen atoms in total. The molecular formula is C10H8ClF2N3O. The van der Waals surface area contributed by atoms with Crippen molar-refractivity contribution in [2.45, 2.75) is 13.0 Å². The molecule has 0 aliphatic rings. The minimum atomic E-state index is -2.78. The van der Waals surface area contributed by atoms with E-state index in [9.17, 15) is 8.78 Å². The maximum atomic E-state index is 12.7. The second kappa shape index (κ2) is 4.77. The maximum Gasteiger partial charge on any atom is 0.282 e. The third-order valence-corrected chi connectivity index (χ3v) is 2.61. The molecule has 1 N–H and O–H groups in total. The van der Waals surface area contributed by atoms with Crippen LogP contribution in [0, 0.1) is 0 Å². The zero-order valence-electron chi connectivity index (χ0n) is 8.52. The number of hydrogen-bond acceptors (Lipinski definition) is 3. The first-order chi connectivity index (χ1) is 8.15. The monoisotopic (exact) mass is 259 g/mol. The van der Waals surface area contributed by atoms with Crippen molar-refractivity contribution in [3.63, 3.8) is 0 Å². The van der Waals surface area contributed by atoms with Crippen LogP contribution < -0.4 is 0 Å². The van der Waals surface area contributed by atoms with Crippen LogP contribution in [0.2, 0.25) is 5.15 Å². The Labute approximate surface area is 100 Å². The molecule has 0 aliphatic carbocycles. The van der Waals surface area contributed by atoms with Crippen molar-refractivity contribution in [1.82, 2.24) is 14.8 Å². The Morgan fingerprint density at radius 1 is 1.35 bits per heavy atom. The quantitative estimate of drug-likeness (QED) is 0.921. The van der Waals surface area contributed by atoms with Crippen LogP contribution in [-0.2, 0) is 6.61 Å². The van der Waals surface area contributed by atoms with Crippen molar-refractivity contribution in [3.8, 4) is 5.69 Å². The van der Waals surface area contributed by atoms with Gasteiger partial charge < -0.3 is 5.11 Å². The standard InChI is InChI=1S/C10H8ClF2N3O/c11-9-7(5-17)8(10(12)13)15-16(9)6-1-3-14-4-2-6/h1-4,10,17H,5H2. The number of aromatic nitrogens is 3. The summed E-state index contributed by atoms with van der Waals surface area (Å²) in [6.07, 6.45) is 0.208. The molecule has 0 radical (unpaired) electrons. The van der Waals surface area contributed by atoms with E-state index < -0.39 is 18.7 Å². The summed E-state index contributed by atoms with van der Waals surface area (Å²) in [6.45, 7) is -0.580. The molecule has 0 saturated carbocycles. The Morgan fingerprint density at radius 2 is 2.00 bits per heavy atom. The first-order valence-electron chi connectivity index (χ1n) is 4.72. The van der Waals surface area contributed by atoms with Crippen LogP contribution in [0.25, 0.3) is 5.69 Å². The molecule has 90 valence electrons. The molecule has 2 aromatic rings. The summed E-state index contributed by atoms with van der Waals surface area (Å²) in [5, 5.41) is 12.7. The van der Waals surface area contributed by atoms with Crippen LogP contribution in [0.5, 0.6) is 0 Å². The van der Waals surface area contributed by atoms with Crippen molar-refractivity contribution in [3.05, 3.63) is 40.9 Å². The van der Waals surface area contributed by atoms with Gasteiger partial charge in [0.25, 0.3) is 6.43 Å². The molecular weight excluding hydrogens is 252 g/mol. The molecule has 0 spiro atoms. The summed E-state index contributed by atoms with van der Waals surface area (Å²) < 4.78 is 26.5. The van der Waals surface area contributed by atoms with E-state index in [0.29, 0.717) is 5.69 Å². The summed E-state index contributed by atoms with van der Waals surface area (Å²) in [5.74, 6) is 0. The van der Waals surface area contributed by atoms with Crippen molar-refractivity contribution in [2.24, 2.45) is 0 Å². The molecule has 0 aliphatic heterocycles. The zero-order chi connectivity index (χ0) is 12.4. The molecule has 0 fully saturated rings. The van der Waals surface area contributed by atoms with Gasteiger partial charge in [0.1, 0.15) is 10.8 Å². The lowest BCUT2D eigenvalue weighted by atomic mass is 10.3. The molecule has 0 saturated heterocycles. The van der Waals surface area contributed by atoms with E-state index in [1.807, 2.05) is 0 Å². The minimum absolute atomic E-state index is 0.0194. The SMILES string of the molecule is OCc1c(C(F)F)nn(-c2ccncc2)c1Cl. The predicted octanol–water partition coefficient (Wildman–Crippen LogP) is 2.35. The van der Waals surface area contributed by atoms with E-state index in [2.05, 4.69) is 10.1 Å². The lowest BCUT2D eigenvalue weighted by molar-refractivity contribution is 0.141. The van der Waals surface area contributed by atoms with Gasteiger partial charge in [0.05, 0.1) is 12.3 Å². The highest BCUT2D eigenvalue weighted by Crippen LogP contribution is 2.29. The van der Waals surface area contributed by atoms with Gasteiger partial charge in [-0.3, -0.25) is 4.98 Å². The second-order valence-electron chi connectivity index (χ2n) is 3.23. The predicted molar refractivity (Wildman–Crippen MR) is 57.2 cm³/mol. The highest BCUT2D eigenvalue weighted by Gasteiger charge is 2.23. The van der Waals surface area contributed by atoms with E-state index in [1.54, 1.807) is 12.1 Å². The Kier molecular flexibility index (Phi) is 3.35. The third kappa shape index (κ3) is 2.13. The van der Waals surface area contributed by atoms with E-state index in [4.69, 9.17) is 16.7 Å². The van der Waals surface area contributed by atoms with Gasteiger partial charge in [-0.2, -0.15) is 5.10 Å². The molecule has 0 unspecified atom stereocenters. The van der Waals surface area contributed by atoms with Gasteiger partial charge in [0.2, 0.25) is 0 Å². The first-order valence-corrected chi connectivity index (χ1v) is 5.09. The number of aliphatic hydroxyl groups is 1. The van der Waals surface area contributed by atoms with Gasteiger partial charge in [-0.1, -0.05) is 11.6 Å². The Balaban J connectivity index is 2.57. The smallest absolute Gasteiger partial charge is 0.282 e. The summed E-state index contributed by atoms with van der Waals surface area (Å²) in [5.41, 5.74) is -0.0561. The second-order valence-corrected chi connectivity index (χ2v) is 3.59. The van der Waals surface area contributed by atoms with Crippen LogP contribution in [0.4, 0.5) is 8.78 Å². The largest absolute Gasteiger partial charge is 0.391 e. The van der Waals surface area contributed by atoms with E-state index >= 15 is 0 Å².